The van der Waals surface area contributed by atoms with Gasteiger partial charge in [0.25, 0.3) is 0 Å². The van der Waals surface area contributed by atoms with Crippen LogP contribution in [-0.2, 0) is 0 Å². The third-order valence-electron chi connectivity index (χ3n) is 3.10. The molecule has 0 amide bonds. The van der Waals surface area contributed by atoms with E-state index in [1.54, 1.807) is 0 Å². The van der Waals surface area contributed by atoms with Crippen LogP contribution in [0, 0.1) is 0 Å². The van der Waals surface area contributed by atoms with E-state index in [0.29, 0.717) is 0 Å². The Balaban J connectivity index is 0.00000288. The molecule has 0 fully saturated rings. The van der Waals surface area contributed by atoms with Gasteiger partial charge in [-0.1, -0.05) is 30.3 Å². The quantitative estimate of drug-likeness (QED) is 0.364. The van der Waals surface area contributed by atoms with Crippen molar-refractivity contribution in [1.29, 1.82) is 0 Å². The number of anilines is 1. The van der Waals surface area contributed by atoms with Gasteiger partial charge >= 0.3 is 0 Å². The molecular weight excluding hydrogens is 417 g/mol. The van der Waals surface area contributed by atoms with Gasteiger partial charge in [0.1, 0.15) is 5.75 Å². The molecule has 0 bridgehead atoms. The number of benzene rings is 2. The highest BCUT2D eigenvalue weighted by molar-refractivity contribution is 14.0. The summed E-state index contributed by atoms with van der Waals surface area (Å²) in [7, 11) is 0. The fourth-order valence-corrected chi connectivity index (χ4v) is 2.07. The molecule has 2 rings (SSSR count). The Kier molecular flexibility index (Phi) is 8.56. The van der Waals surface area contributed by atoms with E-state index < -0.39 is 6.10 Å². The SMILES string of the molecule is CC(C)Oc1cccc(C(O)CN=C(N)Nc2ccccc2)c1.I. The average Bonchev–Trinajstić information content (AvgIpc) is 2.53. The summed E-state index contributed by atoms with van der Waals surface area (Å²) in [5, 5.41) is 13.2. The molecule has 0 spiro atoms. The molecule has 2 aromatic carbocycles. The number of ether oxygens (including phenoxy) is 1. The molecule has 4 N–H and O–H groups in total. The number of aliphatic imine (C=N–C) groups is 1. The van der Waals surface area contributed by atoms with Gasteiger partial charge in [-0.3, -0.25) is 4.99 Å². The van der Waals surface area contributed by atoms with E-state index in [2.05, 4.69) is 10.3 Å². The highest BCUT2D eigenvalue weighted by Gasteiger charge is 2.09. The lowest BCUT2D eigenvalue weighted by atomic mass is 10.1. The monoisotopic (exact) mass is 441 g/mol. The minimum absolute atomic E-state index is 0. The van der Waals surface area contributed by atoms with Crippen LogP contribution in [0.5, 0.6) is 5.75 Å². The third-order valence-corrected chi connectivity index (χ3v) is 3.10. The van der Waals surface area contributed by atoms with Crippen molar-refractivity contribution in [3.63, 3.8) is 0 Å². The first-order valence-electron chi connectivity index (χ1n) is 7.61. The van der Waals surface area contributed by atoms with Crippen molar-refractivity contribution in [3.05, 3.63) is 60.2 Å². The summed E-state index contributed by atoms with van der Waals surface area (Å²) >= 11 is 0. The fourth-order valence-electron chi connectivity index (χ4n) is 2.07. The van der Waals surface area contributed by atoms with Crippen molar-refractivity contribution >= 4 is 35.6 Å². The van der Waals surface area contributed by atoms with Crippen molar-refractivity contribution in [3.8, 4) is 5.75 Å². The Labute approximate surface area is 160 Å². The molecule has 0 radical (unpaired) electrons. The van der Waals surface area contributed by atoms with E-state index in [1.807, 2.05) is 68.4 Å². The molecule has 0 saturated heterocycles. The van der Waals surface area contributed by atoms with E-state index in [0.717, 1.165) is 17.0 Å². The predicted molar refractivity (Wildman–Crippen MR) is 109 cm³/mol. The summed E-state index contributed by atoms with van der Waals surface area (Å²) in [6, 6.07) is 16.9. The van der Waals surface area contributed by atoms with Crippen LogP contribution in [0.1, 0.15) is 25.5 Å². The van der Waals surface area contributed by atoms with Crippen LogP contribution < -0.4 is 15.8 Å². The highest BCUT2D eigenvalue weighted by Crippen LogP contribution is 2.20. The molecular formula is C18H24IN3O2. The zero-order chi connectivity index (χ0) is 16.7. The zero-order valence-corrected chi connectivity index (χ0v) is 16.2. The summed E-state index contributed by atoms with van der Waals surface area (Å²) in [5.41, 5.74) is 7.44. The molecule has 0 aliphatic carbocycles. The van der Waals surface area contributed by atoms with Gasteiger partial charge in [-0.25, -0.2) is 0 Å². The largest absolute Gasteiger partial charge is 0.491 e. The Morgan fingerprint density at radius 2 is 1.88 bits per heavy atom. The number of para-hydroxylation sites is 1. The van der Waals surface area contributed by atoms with E-state index >= 15 is 0 Å². The molecule has 2 aromatic rings. The Morgan fingerprint density at radius 3 is 2.54 bits per heavy atom. The summed E-state index contributed by atoms with van der Waals surface area (Å²) < 4.78 is 5.63. The van der Waals surface area contributed by atoms with Crippen molar-refractivity contribution < 1.29 is 9.84 Å². The van der Waals surface area contributed by atoms with E-state index in [9.17, 15) is 5.11 Å². The van der Waals surface area contributed by atoms with E-state index in [4.69, 9.17) is 10.5 Å². The van der Waals surface area contributed by atoms with Crippen LogP contribution in [0.15, 0.2) is 59.6 Å². The van der Waals surface area contributed by atoms with Gasteiger partial charge in [-0.15, -0.1) is 24.0 Å². The number of rotatable bonds is 6. The predicted octanol–water partition coefficient (Wildman–Crippen LogP) is 3.55. The number of aliphatic hydroxyl groups is 1. The minimum Gasteiger partial charge on any atom is -0.491 e. The lowest BCUT2D eigenvalue weighted by Crippen LogP contribution is -2.23. The third kappa shape index (κ3) is 6.76. The van der Waals surface area contributed by atoms with Crippen LogP contribution in [0.3, 0.4) is 0 Å². The fraction of sp³-hybridized carbons (Fsp3) is 0.278. The number of halogens is 1. The van der Waals surface area contributed by atoms with Gasteiger partial charge in [-0.2, -0.15) is 0 Å². The molecule has 0 heterocycles. The van der Waals surface area contributed by atoms with Crippen molar-refractivity contribution in [1.82, 2.24) is 0 Å². The Morgan fingerprint density at radius 1 is 1.17 bits per heavy atom. The number of nitrogens with one attached hydrogen (secondary N) is 1. The molecule has 0 aromatic heterocycles. The summed E-state index contributed by atoms with van der Waals surface area (Å²) in [6.07, 6.45) is -0.645. The lowest BCUT2D eigenvalue weighted by molar-refractivity contribution is 0.185. The molecule has 0 aliphatic rings. The molecule has 1 atom stereocenters. The van der Waals surface area contributed by atoms with Gasteiger partial charge in [0, 0.05) is 5.69 Å². The molecule has 0 aliphatic heterocycles. The minimum atomic E-state index is -0.734. The van der Waals surface area contributed by atoms with Crippen LogP contribution in [0.2, 0.25) is 0 Å². The molecule has 0 saturated carbocycles. The second kappa shape index (κ2) is 10.1. The first kappa shape index (κ1) is 20.2. The topological polar surface area (TPSA) is 79.9 Å². The second-order valence-electron chi connectivity index (χ2n) is 5.47. The molecule has 24 heavy (non-hydrogen) atoms. The second-order valence-corrected chi connectivity index (χ2v) is 5.47. The summed E-state index contributed by atoms with van der Waals surface area (Å²) in [4.78, 5) is 4.18. The van der Waals surface area contributed by atoms with Gasteiger partial charge < -0.3 is 20.9 Å². The van der Waals surface area contributed by atoms with Crippen LogP contribution in [0.25, 0.3) is 0 Å². The Hall–Kier alpha value is -1.80. The lowest BCUT2D eigenvalue weighted by Gasteiger charge is -2.13. The molecule has 130 valence electrons. The van der Waals surface area contributed by atoms with Crippen molar-refractivity contribution in [2.45, 2.75) is 26.1 Å². The number of aliphatic hydroxyl groups excluding tert-OH is 1. The first-order chi connectivity index (χ1) is 11.0. The summed E-state index contributed by atoms with van der Waals surface area (Å²) in [6.45, 7) is 4.10. The maximum Gasteiger partial charge on any atom is 0.193 e. The van der Waals surface area contributed by atoms with Crippen molar-refractivity contribution in [2.75, 3.05) is 11.9 Å². The smallest absolute Gasteiger partial charge is 0.193 e. The molecule has 5 nitrogen and oxygen atoms in total. The van der Waals surface area contributed by atoms with Gasteiger partial charge in [0.2, 0.25) is 0 Å². The maximum absolute atomic E-state index is 10.2. The number of hydrogen-bond donors (Lipinski definition) is 3. The number of guanidine groups is 1. The number of nitrogens with two attached hydrogens (primary N) is 1. The molecule has 1 unspecified atom stereocenters. The zero-order valence-electron chi connectivity index (χ0n) is 13.8. The van der Waals surface area contributed by atoms with Gasteiger partial charge in [0.05, 0.1) is 18.8 Å². The average molecular weight is 441 g/mol. The normalized spacial score (nSPS) is 12.4. The maximum atomic E-state index is 10.2. The standard InChI is InChI=1S/C18H23N3O2.HI/c1-13(2)23-16-10-6-7-14(11-16)17(22)12-20-18(19)21-15-8-4-3-5-9-15;/h3-11,13,17,22H,12H2,1-2H3,(H3,19,20,21);1H. The van der Waals surface area contributed by atoms with Crippen molar-refractivity contribution in [2.24, 2.45) is 10.7 Å². The van der Waals surface area contributed by atoms with Crippen LogP contribution in [0.4, 0.5) is 5.69 Å². The van der Waals surface area contributed by atoms with Gasteiger partial charge in [0.15, 0.2) is 5.96 Å². The number of hydrogen-bond acceptors (Lipinski definition) is 3. The number of nitrogens with zero attached hydrogens (tertiary/aromatic N) is 1. The Bertz CT molecular complexity index is 648. The van der Waals surface area contributed by atoms with E-state index in [1.165, 1.54) is 0 Å². The van der Waals surface area contributed by atoms with Gasteiger partial charge in [-0.05, 0) is 43.7 Å². The highest BCUT2D eigenvalue weighted by atomic mass is 127. The first-order valence-corrected chi connectivity index (χ1v) is 7.61. The van der Waals surface area contributed by atoms with Crippen LogP contribution in [-0.4, -0.2) is 23.7 Å². The molecule has 6 heteroatoms. The van der Waals surface area contributed by atoms with Crippen LogP contribution >= 0.6 is 24.0 Å². The van der Waals surface area contributed by atoms with E-state index in [-0.39, 0.29) is 42.6 Å². The summed E-state index contributed by atoms with van der Waals surface area (Å²) in [5.74, 6) is 1.00.